The second-order valence-corrected chi connectivity index (χ2v) is 9.32. The number of ether oxygens (including phenoxy) is 1. The third-order valence-electron chi connectivity index (χ3n) is 6.38. The molecule has 41 heavy (non-hydrogen) atoms. The molecule has 0 aliphatic rings. The van der Waals surface area contributed by atoms with Crippen molar-refractivity contribution in [3.63, 3.8) is 0 Å². The Morgan fingerprint density at radius 3 is 2.51 bits per heavy atom. The van der Waals surface area contributed by atoms with Crippen molar-refractivity contribution in [3.8, 4) is 17.1 Å². The summed E-state index contributed by atoms with van der Waals surface area (Å²) in [6, 6.07) is 17.1. The van der Waals surface area contributed by atoms with Crippen molar-refractivity contribution in [3.05, 3.63) is 77.6 Å². The summed E-state index contributed by atoms with van der Waals surface area (Å²) in [5.41, 5.74) is 6.97. The maximum absolute atomic E-state index is 13.0. The van der Waals surface area contributed by atoms with Gasteiger partial charge >= 0.3 is 0 Å². The van der Waals surface area contributed by atoms with Crippen molar-refractivity contribution < 1.29 is 33.2 Å². The molecular formula is C30H36N4O7. The largest absolute Gasteiger partial charge is 0.497 e. The molecule has 0 aliphatic carbocycles. The summed E-state index contributed by atoms with van der Waals surface area (Å²) in [7, 11) is 1.49. The number of benzene rings is 2. The number of furan rings is 1. The number of carbonyl (C=O) groups is 4. The summed E-state index contributed by atoms with van der Waals surface area (Å²) >= 11 is 0. The molecule has 1 unspecified atom stereocenters. The number of nitrogens with one attached hydrogen (secondary N) is 2. The maximum Gasteiger partial charge on any atom is 0.288 e. The van der Waals surface area contributed by atoms with Crippen molar-refractivity contribution in [1.82, 2.24) is 15.7 Å². The lowest BCUT2D eigenvalue weighted by Crippen LogP contribution is -2.43. The van der Waals surface area contributed by atoms with Crippen LogP contribution < -0.4 is 21.1 Å². The monoisotopic (exact) mass is 564 g/mol. The number of amides is 4. The fourth-order valence-corrected chi connectivity index (χ4v) is 4.14. The molecule has 0 spiro atoms. The van der Waals surface area contributed by atoms with Crippen LogP contribution in [-0.2, 0) is 21.0 Å². The molecule has 0 saturated carbocycles. The highest BCUT2D eigenvalue weighted by Crippen LogP contribution is 2.29. The van der Waals surface area contributed by atoms with E-state index in [2.05, 4.69) is 17.6 Å². The summed E-state index contributed by atoms with van der Waals surface area (Å²) < 4.78 is 10.9. The van der Waals surface area contributed by atoms with Crippen molar-refractivity contribution in [1.29, 1.82) is 0 Å². The quantitative estimate of drug-likeness (QED) is 0.0979. The molecule has 4 N–H and O–H groups in total. The fraction of sp³-hybridized carbons (Fsp3) is 0.333. The van der Waals surface area contributed by atoms with Crippen LogP contribution in [0.1, 0.15) is 59.1 Å². The fourth-order valence-electron chi connectivity index (χ4n) is 4.14. The average molecular weight is 565 g/mol. The highest BCUT2D eigenvalue weighted by molar-refractivity contribution is 6.00. The Morgan fingerprint density at radius 1 is 1.05 bits per heavy atom. The van der Waals surface area contributed by atoms with Gasteiger partial charge in [-0.2, -0.15) is 0 Å². The van der Waals surface area contributed by atoms with Gasteiger partial charge in [-0.05, 0) is 42.3 Å². The van der Waals surface area contributed by atoms with Crippen LogP contribution >= 0.6 is 0 Å². The average Bonchev–Trinajstić information content (AvgIpc) is 3.49. The van der Waals surface area contributed by atoms with E-state index in [1.807, 2.05) is 30.3 Å². The Morgan fingerprint density at radius 2 is 1.83 bits per heavy atom. The number of carbonyl (C=O) groups excluding carboxylic acids is 4. The SMILES string of the molecule is CCCCCC(CN(C=O)OCc1ccccc1)C(=O)NCNC(=O)c1ccc(-c2cc(OC)ccc2C(N)=O)o1. The molecule has 0 fully saturated rings. The summed E-state index contributed by atoms with van der Waals surface area (Å²) in [4.78, 5) is 54.8. The normalized spacial score (nSPS) is 11.4. The zero-order valence-electron chi connectivity index (χ0n) is 23.3. The molecule has 3 rings (SSSR count). The minimum atomic E-state index is -0.653. The van der Waals surface area contributed by atoms with Crippen LogP contribution in [-0.4, -0.2) is 49.5 Å². The summed E-state index contributed by atoms with van der Waals surface area (Å²) in [5.74, 6) is -1.35. The third kappa shape index (κ3) is 9.21. The lowest BCUT2D eigenvalue weighted by atomic mass is 10.0. The molecule has 218 valence electrons. The Hall–Kier alpha value is -4.64. The van der Waals surface area contributed by atoms with Crippen LogP contribution in [0.3, 0.4) is 0 Å². The van der Waals surface area contributed by atoms with Gasteiger partial charge in [-0.1, -0.05) is 56.5 Å². The number of hydroxylamine groups is 2. The van der Waals surface area contributed by atoms with Gasteiger partial charge in [0, 0.05) is 5.56 Å². The molecule has 11 heteroatoms. The number of methoxy groups -OCH3 is 1. The van der Waals surface area contributed by atoms with Crippen LogP contribution in [0.5, 0.6) is 5.75 Å². The van der Waals surface area contributed by atoms with Crippen LogP contribution in [0.2, 0.25) is 0 Å². The lowest BCUT2D eigenvalue weighted by molar-refractivity contribution is -0.182. The standard InChI is InChI=1S/C30H36N4O7/c1-3-4-6-11-22(17-34(20-35)40-18-21-9-7-5-8-10-21)29(37)32-19-33-30(38)27-15-14-26(41-27)25-16-23(39-2)12-13-24(25)28(31)36/h5,7-10,12-16,20,22H,3-4,6,11,17-19H2,1-2H3,(H2,31,36)(H,32,37)(H,33,38). The smallest absolute Gasteiger partial charge is 0.288 e. The first kappa shape index (κ1) is 30.9. The predicted octanol–water partition coefficient (Wildman–Crippen LogP) is 3.64. The molecule has 0 radical (unpaired) electrons. The number of rotatable bonds is 17. The highest BCUT2D eigenvalue weighted by Gasteiger charge is 2.22. The summed E-state index contributed by atoms with van der Waals surface area (Å²) in [6.07, 6.45) is 3.84. The highest BCUT2D eigenvalue weighted by atomic mass is 16.7. The third-order valence-corrected chi connectivity index (χ3v) is 6.38. The maximum atomic E-state index is 13.0. The van der Waals surface area contributed by atoms with Gasteiger partial charge in [0.15, 0.2) is 5.76 Å². The first-order chi connectivity index (χ1) is 19.9. The van der Waals surface area contributed by atoms with Gasteiger partial charge < -0.3 is 25.5 Å². The van der Waals surface area contributed by atoms with Crippen molar-refractivity contribution in [2.24, 2.45) is 11.7 Å². The van der Waals surface area contributed by atoms with E-state index >= 15 is 0 Å². The van der Waals surface area contributed by atoms with Gasteiger partial charge in [0.25, 0.3) is 5.91 Å². The van der Waals surface area contributed by atoms with E-state index < -0.39 is 17.7 Å². The number of nitrogens with zero attached hydrogens (tertiary/aromatic N) is 1. The van der Waals surface area contributed by atoms with Crippen LogP contribution in [0.15, 0.2) is 65.1 Å². The van der Waals surface area contributed by atoms with E-state index in [4.69, 9.17) is 19.7 Å². The molecule has 3 aromatic rings. The van der Waals surface area contributed by atoms with E-state index in [9.17, 15) is 19.2 Å². The molecular weight excluding hydrogens is 528 g/mol. The molecule has 11 nitrogen and oxygen atoms in total. The molecule has 4 amide bonds. The Kier molecular flexibility index (Phi) is 11.9. The van der Waals surface area contributed by atoms with Gasteiger partial charge in [0.2, 0.25) is 18.2 Å². The minimum Gasteiger partial charge on any atom is -0.497 e. The summed E-state index contributed by atoms with van der Waals surface area (Å²) in [5, 5.41) is 6.43. The van der Waals surface area contributed by atoms with Gasteiger partial charge in [0.1, 0.15) is 18.1 Å². The number of unbranched alkanes of at least 4 members (excludes halogenated alkanes) is 2. The second kappa shape index (κ2) is 15.8. The molecule has 0 saturated heterocycles. The van der Waals surface area contributed by atoms with Gasteiger partial charge in [0.05, 0.1) is 31.8 Å². The van der Waals surface area contributed by atoms with Crippen LogP contribution in [0.25, 0.3) is 11.3 Å². The van der Waals surface area contributed by atoms with E-state index in [0.29, 0.717) is 24.1 Å². The molecule has 1 heterocycles. The van der Waals surface area contributed by atoms with E-state index in [0.717, 1.165) is 29.9 Å². The zero-order chi connectivity index (χ0) is 29.6. The van der Waals surface area contributed by atoms with Crippen molar-refractivity contribution >= 4 is 24.1 Å². The molecule has 0 bridgehead atoms. The molecule has 2 aromatic carbocycles. The van der Waals surface area contributed by atoms with E-state index in [1.54, 1.807) is 18.2 Å². The molecule has 1 aromatic heterocycles. The first-order valence-electron chi connectivity index (χ1n) is 13.4. The predicted molar refractivity (Wildman–Crippen MR) is 151 cm³/mol. The molecule has 1 atom stereocenters. The lowest BCUT2D eigenvalue weighted by Gasteiger charge is -2.23. The Balaban J connectivity index is 1.58. The zero-order valence-corrected chi connectivity index (χ0v) is 23.3. The van der Waals surface area contributed by atoms with Gasteiger partial charge in [-0.25, -0.2) is 5.06 Å². The Bertz CT molecular complexity index is 1310. The first-order valence-corrected chi connectivity index (χ1v) is 13.4. The Labute approximate surface area is 238 Å². The number of nitrogens with two attached hydrogens (primary N) is 1. The van der Waals surface area contributed by atoms with Crippen LogP contribution in [0.4, 0.5) is 0 Å². The molecule has 0 aliphatic heterocycles. The van der Waals surface area contributed by atoms with Crippen molar-refractivity contribution in [2.75, 3.05) is 20.3 Å². The number of primary amides is 1. The van der Waals surface area contributed by atoms with Gasteiger partial charge in [-0.15, -0.1) is 0 Å². The number of hydrogen-bond acceptors (Lipinski definition) is 7. The van der Waals surface area contributed by atoms with E-state index in [-0.39, 0.29) is 42.8 Å². The van der Waals surface area contributed by atoms with E-state index in [1.165, 1.54) is 19.2 Å². The van der Waals surface area contributed by atoms with Crippen LogP contribution in [0, 0.1) is 5.92 Å². The van der Waals surface area contributed by atoms with Crippen molar-refractivity contribution in [2.45, 2.75) is 39.2 Å². The number of hydrogen-bond donors (Lipinski definition) is 3. The second-order valence-electron chi connectivity index (χ2n) is 9.32. The van der Waals surface area contributed by atoms with Gasteiger partial charge in [-0.3, -0.25) is 24.0 Å². The topological polar surface area (TPSA) is 153 Å². The summed E-state index contributed by atoms with van der Waals surface area (Å²) in [6.45, 7) is 2.18. The minimum absolute atomic E-state index is 0.0200.